The summed E-state index contributed by atoms with van der Waals surface area (Å²) in [6, 6.07) is 15.1. The first-order valence-electron chi connectivity index (χ1n) is 7.76. The van der Waals surface area contributed by atoms with Crippen LogP contribution in [-0.4, -0.2) is 9.67 Å². The van der Waals surface area contributed by atoms with Gasteiger partial charge in [-0.3, -0.25) is 0 Å². The Balaban J connectivity index is 1.94. The third-order valence-corrected chi connectivity index (χ3v) is 4.58. The highest BCUT2D eigenvalue weighted by molar-refractivity contribution is 5.86. The molecule has 0 amide bonds. The molecule has 1 N–H and O–H groups in total. The van der Waals surface area contributed by atoms with Crippen LogP contribution in [0.5, 0.6) is 0 Å². The van der Waals surface area contributed by atoms with Gasteiger partial charge in [-0.05, 0) is 48.6 Å². The first-order valence-corrected chi connectivity index (χ1v) is 7.76. The lowest BCUT2D eigenvalue weighted by atomic mass is 9.93. The second kappa shape index (κ2) is 5.25. The second-order valence-corrected chi connectivity index (χ2v) is 6.01. The van der Waals surface area contributed by atoms with E-state index in [-0.39, 0.29) is 5.82 Å². The van der Waals surface area contributed by atoms with E-state index in [4.69, 9.17) is 0 Å². The summed E-state index contributed by atoms with van der Waals surface area (Å²) in [5.74, 6) is -0.216. The Morgan fingerprint density at radius 2 is 1.95 bits per heavy atom. The summed E-state index contributed by atoms with van der Waals surface area (Å²) in [7, 11) is 0. The Kier molecular flexibility index (Phi) is 3.23. The van der Waals surface area contributed by atoms with E-state index in [1.165, 1.54) is 11.6 Å². The van der Waals surface area contributed by atoms with Crippen LogP contribution in [0.1, 0.15) is 35.8 Å². The molecule has 0 saturated heterocycles. The molecule has 0 saturated carbocycles. The summed E-state index contributed by atoms with van der Waals surface area (Å²) in [5, 5.41) is 11.4. The fraction of sp³-hybridized carbons (Fsp3) is 0.263. The van der Waals surface area contributed by atoms with Gasteiger partial charge in [0.2, 0.25) is 0 Å². The number of fused-ring (bicyclic) bond motifs is 3. The molecule has 0 aliphatic heterocycles. The van der Waals surface area contributed by atoms with Crippen LogP contribution in [0, 0.1) is 5.82 Å². The molecule has 1 atom stereocenters. The van der Waals surface area contributed by atoms with Gasteiger partial charge >= 0.3 is 0 Å². The number of benzene rings is 2. The average molecular weight is 295 g/mol. The van der Waals surface area contributed by atoms with Gasteiger partial charge in [-0.2, -0.15) is 0 Å². The predicted octanol–water partition coefficient (Wildman–Crippen LogP) is 4.20. The Hall–Kier alpha value is -2.13. The van der Waals surface area contributed by atoms with Crippen molar-refractivity contribution in [2.75, 3.05) is 0 Å². The highest BCUT2D eigenvalue weighted by atomic mass is 19.1. The molecule has 1 aliphatic rings. The lowest BCUT2D eigenvalue weighted by Crippen LogP contribution is -2.14. The van der Waals surface area contributed by atoms with Crippen LogP contribution < -0.4 is 0 Å². The lowest BCUT2D eigenvalue weighted by Gasteiger charge is -2.21. The zero-order chi connectivity index (χ0) is 15.1. The molecular formula is C19H18FNO. The highest BCUT2D eigenvalue weighted by Crippen LogP contribution is 2.38. The van der Waals surface area contributed by atoms with Gasteiger partial charge in [0.15, 0.2) is 0 Å². The summed E-state index contributed by atoms with van der Waals surface area (Å²) >= 11 is 0. The van der Waals surface area contributed by atoms with Crippen LogP contribution in [0.4, 0.5) is 4.39 Å². The Morgan fingerprint density at radius 3 is 2.77 bits per heavy atom. The predicted molar refractivity (Wildman–Crippen MR) is 85.3 cm³/mol. The van der Waals surface area contributed by atoms with Crippen LogP contribution in [0.25, 0.3) is 10.9 Å². The first-order chi connectivity index (χ1) is 10.7. The molecule has 22 heavy (non-hydrogen) atoms. The van der Waals surface area contributed by atoms with Gasteiger partial charge in [-0.15, -0.1) is 0 Å². The number of halogens is 1. The van der Waals surface area contributed by atoms with Gasteiger partial charge in [0.25, 0.3) is 0 Å². The van der Waals surface area contributed by atoms with Gasteiger partial charge in [0.05, 0.1) is 11.8 Å². The number of nitrogens with zero attached hydrogens (tertiary/aromatic N) is 1. The minimum absolute atomic E-state index is 0.216. The monoisotopic (exact) mass is 295 g/mol. The Labute approximate surface area is 128 Å². The molecule has 2 nitrogen and oxygen atoms in total. The van der Waals surface area contributed by atoms with E-state index in [2.05, 4.69) is 16.7 Å². The molecule has 0 spiro atoms. The normalized spacial score (nSPS) is 17.6. The third kappa shape index (κ3) is 2.13. The zero-order valence-corrected chi connectivity index (χ0v) is 12.3. The van der Waals surface area contributed by atoms with Crippen LogP contribution >= 0.6 is 0 Å². The zero-order valence-electron chi connectivity index (χ0n) is 12.3. The first kappa shape index (κ1) is 13.5. The fourth-order valence-corrected chi connectivity index (χ4v) is 3.60. The van der Waals surface area contributed by atoms with Crippen molar-refractivity contribution in [3.05, 3.63) is 71.2 Å². The van der Waals surface area contributed by atoms with Crippen molar-refractivity contribution in [1.82, 2.24) is 4.57 Å². The minimum atomic E-state index is -0.456. The smallest absolute Gasteiger partial charge is 0.123 e. The minimum Gasteiger partial charge on any atom is -0.387 e. The molecule has 3 heteroatoms. The molecule has 4 rings (SSSR count). The van der Waals surface area contributed by atoms with E-state index in [0.717, 1.165) is 41.4 Å². The molecule has 0 unspecified atom stereocenters. The van der Waals surface area contributed by atoms with Crippen molar-refractivity contribution < 1.29 is 9.50 Å². The number of rotatable bonds is 2. The van der Waals surface area contributed by atoms with Crippen molar-refractivity contribution in [3.63, 3.8) is 0 Å². The Bertz CT molecular complexity index is 822. The Morgan fingerprint density at radius 1 is 1.14 bits per heavy atom. The standard InChI is InChI=1S/C19H18FNO/c20-14-9-10-17-16(11-14)15-7-4-8-18(22)19(15)21(17)12-13-5-2-1-3-6-13/h1-3,5-6,9-11,18,22H,4,7-8,12H2/t18-/m0/s1. The molecule has 1 heterocycles. The molecule has 0 radical (unpaired) electrons. The second-order valence-electron chi connectivity index (χ2n) is 6.01. The maximum atomic E-state index is 13.7. The van der Waals surface area contributed by atoms with E-state index < -0.39 is 6.10 Å². The van der Waals surface area contributed by atoms with Gasteiger partial charge in [-0.25, -0.2) is 4.39 Å². The maximum Gasteiger partial charge on any atom is 0.123 e. The van der Waals surface area contributed by atoms with E-state index in [0.29, 0.717) is 6.54 Å². The van der Waals surface area contributed by atoms with E-state index in [9.17, 15) is 9.50 Å². The number of aryl methyl sites for hydroxylation is 1. The van der Waals surface area contributed by atoms with E-state index in [1.54, 1.807) is 6.07 Å². The fourth-order valence-electron chi connectivity index (χ4n) is 3.60. The molecule has 1 aromatic heterocycles. The largest absolute Gasteiger partial charge is 0.387 e. The summed E-state index contributed by atoms with van der Waals surface area (Å²) < 4.78 is 15.8. The molecule has 2 aromatic carbocycles. The summed E-state index contributed by atoms with van der Waals surface area (Å²) in [5.41, 5.74) is 4.28. The number of hydrogen-bond donors (Lipinski definition) is 1. The molecule has 1 aliphatic carbocycles. The summed E-state index contributed by atoms with van der Waals surface area (Å²) in [4.78, 5) is 0. The average Bonchev–Trinajstić information content (AvgIpc) is 2.83. The van der Waals surface area contributed by atoms with Crippen LogP contribution in [-0.2, 0) is 13.0 Å². The molecule has 3 aromatic rings. The van der Waals surface area contributed by atoms with Crippen molar-refractivity contribution in [2.45, 2.75) is 31.9 Å². The number of aliphatic hydroxyl groups excluding tert-OH is 1. The summed E-state index contributed by atoms with van der Waals surface area (Å²) in [6.45, 7) is 0.704. The topological polar surface area (TPSA) is 25.2 Å². The van der Waals surface area contributed by atoms with Crippen LogP contribution in [0.15, 0.2) is 48.5 Å². The SMILES string of the molecule is O[C@H]1CCCc2c1n(Cc1ccccc1)c1ccc(F)cc21. The molecular weight excluding hydrogens is 277 g/mol. The number of aliphatic hydroxyl groups is 1. The van der Waals surface area contributed by atoms with Crippen molar-refractivity contribution >= 4 is 10.9 Å². The van der Waals surface area contributed by atoms with Crippen molar-refractivity contribution in [2.24, 2.45) is 0 Å². The maximum absolute atomic E-state index is 13.7. The van der Waals surface area contributed by atoms with Gasteiger partial charge in [0, 0.05) is 17.4 Å². The molecule has 0 fully saturated rings. The molecule has 0 bridgehead atoms. The number of hydrogen-bond acceptors (Lipinski definition) is 1. The van der Waals surface area contributed by atoms with Crippen LogP contribution in [0.2, 0.25) is 0 Å². The van der Waals surface area contributed by atoms with Crippen LogP contribution in [0.3, 0.4) is 0 Å². The third-order valence-electron chi connectivity index (χ3n) is 4.58. The van der Waals surface area contributed by atoms with Gasteiger partial charge in [0.1, 0.15) is 5.82 Å². The highest BCUT2D eigenvalue weighted by Gasteiger charge is 2.26. The number of aromatic nitrogens is 1. The van der Waals surface area contributed by atoms with Gasteiger partial charge < -0.3 is 9.67 Å². The summed E-state index contributed by atoms with van der Waals surface area (Å²) in [6.07, 6.45) is 2.19. The van der Waals surface area contributed by atoms with E-state index in [1.807, 2.05) is 24.3 Å². The molecule has 112 valence electrons. The quantitative estimate of drug-likeness (QED) is 0.753. The van der Waals surface area contributed by atoms with E-state index >= 15 is 0 Å². The van der Waals surface area contributed by atoms with Gasteiger partial charge in [-0.1, -0.05) is 30.3 Å². The van der Waals surface area contributed by atoms with Crippen molar-refractivity contribution in [1.29, 1.82) is 0 Å². The lowest BCUT2D eigenvalue weighted by molar-refractivity contribution is 0.148. The van der Waals surface area contributed by atoms with Crippen molar-refractivity contribution in [3.8, 4) is 0 Å².